The molecule has 1 aliphatic carbocycles. The Balaban J connectivity index is 1.99. The molecule has 0 radical (unpaired) electrons. The molecule has 1 fully saturated rings. The third kappa shape index (κ3) is 2.39. The number of hydrogen-bond donors (Lipinski definition) is 1. The van der Waals surface area contributed by atoms with Gasteiger partial charge in [0.2, 0.25) is 0 Å². The summed E-state index contributed by atoms with van der Waals surface area (Å²) in [5.41, 5.74) is 8.93. The second kappa shape index (κ2) is 5.62. The quantitative estimate of drug-likeness (QED) is 0.939. The van der Waals surface area contributed by atoms with Crippen LogP contribution < -0.4 is 5.73 Å². The molecule has 1 aliphatic rings. The fraction of sp³-hybridized carbons (Fsp3) is 0.471. The van der Waals surface area contributed by atoms with Crippen LogP contribution in [0.3, 0.4) is 0 Å². The molecule has 0 spiro atoms. The van der Waals surface area contributed by atoms with Gasteiger partial charge in [-0.15, -0.1) is 0 Å². The van der Waals surface area contributed by atoms with E-state index in [9.17, 15) is 0 Å². The fourth-order valence-electron chi connectivity index (χ4n) is 3.63. The second-order valence-electron chi connectivity index (χ2n) is 6.19. The van der Waals surface area contributed by atoms with Gasteiger partial charge in [0, 0.05) is 11.7 Å². The first-order valence-electron chi connectivity index (χ1n) is 7.67. The Kier molecular flexibility index (Phi) is 3.83. The molecule has 0 amide bonds. The first kappa shape index (κ1) is 14.3. The van der Waals surface area contributed by atoms with Crippen molar-refractivity contribution in [3.63, 3.8) is 0 Å². The van der Waals surface area contributed by atoms with E-state index in [1.165, 1.54) is 12.8 Å². The van der Waals surface area contributed by atoms with Crippen molar-refractivity contribution in [2.45, 2.75) is 37.3 Å². The van der Waals surface area contributed by atoms with Gasteiger partial charge in [-0.05, 0) is 45.1 Å². The predicted molar refractivity (Wildman–Crippen MR) is 85.4 cm³/mol. The van der Waals surface area contributed by atoms with E-state index in [4.69, 9.17) is 5.73 Å². The highest BCUT2D eigenvalue weighted by Crippen LogP contribution is 2.42. The van der Waals surface area contributed by atoms with Gasteiger partial charge in [-0.1, -0.05) is 31.0 Å². The number of rotatable bonds is 4. The van der Waals surface area contributed by atoms with Crippen LogP contribution in [0.25, 0.3) is 5.69 Å². The highest BCUT2D eigenvalue weighted by atomic mass is 15.3. The van der Waals surface area contributed by atoms with Crippen LogP contribution in [0.1, 0.15) is 37.4 Å². The third-order valence-corrected chi connectivity index (χ3v) is 4.93. The molecule has 1 aromatic carbocycles. The molecule has 0 saturated heterocycles. The fourth-order valence-corrected chi connectivity index (χ4v) is 3.63. The highest BCUT2D eigenvalue weighted by Gasteiger charge is 2.43. The Morgan fingerprint density at radius 2 is 1.81 bits per heavy atom. The molecule has 4 nitrogen and oxygen atoms in total. The highest BCUT2D eigenvalue weighted by molar-refractivity contribution is 5.34. The minimum absolute atomic E-state index is 0.0299. The van der Waals surface area contributed by atoms with Gasteiger partial charge in [0.15, 0.2) is 0 Å². The molecular formula is C17H24N4. The van der Waals surface area contributed by atoms with Gasteiger partial charge >= 0.3 is 0 Å². The third-order valence-electron chi connectivity index (χ3n) is 4.93. The van der Waals surface area contributed by atoms with Crippen molar-refractivity contribution in [1.29, 1.82) is 0 Å². The van der Waals surface area contributed by atoms with Crippen LogP contribution in [-0.2, 0) is 0 Å². The predicted octanol–water partition coefficient (Wildman–Crippen LogP) is 2.75. The Morgan fingerprint density at radius 3 is 2.43 bits per heavy atom. The van der Waals surface area contributed by atoms with E-state index >= 15 is 0 Å². The Labute approximate surface area is 126 Å². The number of nitrogens with zero attached hydrogens (tertiary/aromatic N) is 3. The molecule has 2 aromatic rings. The van der Waals surface area contributed by atoms with Crippen LogP contribution >= 0.6 is 0 Å². The molecule has 4 heteroatoms. The molecule has 1 aromatic heterocycles. The zero-order valence-corrected chi connectivity index (χ0v) is 12.9. The Hall–Kier alpha value is -1.65. The van der Waals surface area contributed by atoms with E-state index < -0.39 is 0 Å². The van der Waals surface area contributed by atoms with Crippen molar-refractivity contribution < 1.29 is 0 Å². The lowest BCUT2D eigenvalue weighted by Gasteiger charge is -2.41. The first-order chi connectivity index (χ1) is 10.1. The summed E-state index contributed by atoms with van der Waals surface area (Å²) in [4.78, 5) is 2.31. The smallest absolute Gasteiger partial charge is 0.0658 e. The number of para-hydroxylation sites is 1. The Bertz CT molecular complexity index is 582. The maximum Gasteiger partial charge on any atom is 0.0658 e. The molecule has 21 heavy (non-hydrogen) atoms. The minimum atomic E-state index is -0.0299. The van der Waals surface area contributed by atoms with Crippen molar-refractivity contribution in [1.82, 2.24) is 14.7 Å². The second-order valence-corrected chi connectivity index (χ2v) is 6.19. The number of benzene rings is 1. The summed E-state index contributed by atoms with van der Waals surface area (Å²) >= 11 is 0. The lowest BCUT2D eigenvalue weighted by atomic mass is 9.85. The molecule has 112 valence electrons. The average molecular weight is 284 g/mol. The topological polar surface area (TPSA) is 47.1 Å². The molecular weight excluding hydrogens is 260 g/mol. The van der Waals surface area contributed by atoms with Gasteiger partial charge in [-0.2, -0.15) is 5.10 Å². The summed E-state index contributed by atoms with van der Waals surface area (Å²) in [6.45, 7) is 0. The molecule has 1 unspecified atom stereocenters. The zero-order chi connectivity index (χ0) is 14.9. The van der Waals surface area contributed by atoms with Crippen molar-refractivity contribution >= 4 is 0 Å². The average Bonchev–Trinajstić information content (AvgIpc) is 3.17. The number of likely N-dealkylation sites (N-methyl/N-ethyl adjacent to an activating group) is 1. The van der Waals surface area contributed by atoms with E-state index in [2.05, 4.69) is 42.3 Å². The van der Waals surface area contributed by atoms with Crippen LogP contribution in [0.15, 0.2) is 42.6 Å². The molecule has 1 saturated carbocycles. The van der Waals surface area contributed by atoms with Gasteiger partial charge in [0.05, 0.1) is 17.4 Å². The number of hydrogen-bond acceptors (Lipinski definition) is 3. The van der Waals surface area contributed by atoms with E-state index in [1.54, 1.807) is 0 Å². The van der Waals surface area contributed by atoms with Gasteiger partial charge < -0.3 is 10.6 Å². The summed E-state index contributed by atoms with van der Waals surface area (Å²) in [6.07, 6.45) is 6.67. The Morgan fingerprint density at radius 1 is 1.14 bits per heavy atom. The van der Waals surface area contributed by atoms with E-state index in [0.29, 0.717) is 0 Å². The van der Waals surface area contributed by atoms with Crippen LogP contribution in [-0.4, -0.2) is 34.3 Å². The van der Waals surface area contributed by atoms with Crippen LogP contribution in [0.5, 0.6) is 0 Å². The van der Waals surface area contributed by atoms with Gasteiger partial charge in [0.25, 0.3) is 0 Å². The molecule has 0 bridgehead atoms. The first-order valence-corrected chi connectivity index (χ1v) is 7.67. The summed E-state index contributed by atoms with van der Waals surface area (Å²) in [6, 6.07) is 12.2. The minimum Gasteiger partial charge on any atom is -0.321 e. The van der Waals surface area contributed by atoms with Gasteiger partial charge in [-0.25, -0.2) is 4.68 Å². The van der Waals surface area contributed by atoms with Crippen molar-refractivity contribution in [2.24, 2.45) is 5.73 Å². The van der Waals surface area contributed by atoms with Crippen molar-refractivity contribution in [3.8, 4) is 5.69 Å². The molecule has 2 N–H and O–H groups in total. The summed E-state index contributed by atoms with van der Waals surface area (Å²) in [5.74, 6) is 0. The van der Waals surface area contributed by atoms with Crippen LogP contribution in [0.2, 0.25) is 0 Å². The van der Waals surface area contributed by atoms with E-state index in [0.717, 1.165) is 24.2 Å². The van der Waals surface area contributed by atoms with E-state index in [-0.39, 0.29) is 11.6 Å². The molecule has 3 rings (SSSR count). The molecule has 1 heterocycles. The van der Waals surface area contributed by atoms with Gasteiger partial charge in [0.1, 0.15) is 0 Å². The van der Waals surface area contributed by atoms with Crippen LogP contribution in [0.4, 0.5) is 0 Å². The maximum absolute atomic E-state index is 6.72. The standard InChI is InChI=1S/C17H24N4/c1-20(2)17(11-6-7-12-17)16(18)15-10-13-19-21(15)14-8-4-3-5-9-14/h3-5,8-10,13,16H,6-7,11-12,18H2,1-2H3. The zero-order valence-electron chi connectivity index (χ0n) is 12.9. The maximum atomic E-state index is 6.72. The monoisotopic (exact) mass is 284 g/mol. The summed E-state index contributed by atoms with van der Waals surface area (Å²) in [7, 11) is 4.29. The van der Waals surface area contributed by atoms with Crippen molar-refractivity contribution in [3.05, 3.63) is 48.3 Å². The lowest BCUT2D eigenvalue weighted by Crippen LogP contribution is -2.50. The van der Waals surface area contributed by atoms with Crippen LogP contribution in [0, 0.1) is 0 Å². The summed E-state index contributed by atoms with van der Waals surface area (Å²) in [5, 5.41) is 4.49. The normalized spacial score (nSPS) is 19.0. The van der Waals surface area contributed by atoms with Gasteiger partial charge in [-0.3, -0.25) is 0 Å². The summed E-state index contributed by atoms with van der Waals surface area (Å²) < 4.78 is 1.98. The molecule has 1 atom stereocenters. The SMILES string of the molecule is CN(C)C1(C(N)c2ccnn2-c2ccccc2)CCCC1. The largest absolute Gasteiger partial charge is 0.321 e. The number of nitrogens with two attached hydrogens (primary N) is 1. The number of aromatic nitrogens is 2. The molecule has 0 aliphatic heterocycles. The van der Waals surface area contributed by atoms with Crippen molar-refractivity contribution in [2.75, 3.05) is 14.1 Å². The van der Waals surface area contributed by atoms with E-state index in [1.807, 2.05) is 29.1 Å². The lowest BCUT2D eigenvalue weighted by molar-refractivity contribution is 0.120.